The molecule has 0 atom stereocenters. The van der Waals surface area contributed by atoms with Gasteiger partial charge >= 0.3 is 0 Å². The standard InChI is InChI=1S/C11H21NO4S/c1-8(2)10(13)7-17(15,16)6-5-12-11(14)9(3)4/h8-9H,5-7H2,1-4H3,(H,12,14). The molecule has 100 valence electrons. The minimum absolute atomic E-state index is 0.0602. The van der Waals surface area contributed by atoms with Gasteiger partial charge in [0, 0.05) is 18.4 Å². The quantitative estimate of drug-likeness (QED) is 0.721. The second-order valence-electron chi connectivity index (χ2n) is 4.66. The van der Waals surface area contributed by atoms with Gasteiger partial charge in [0.2, 0.25) is 5.91 Å². The van der Waals surface area contributed by atoms with Crippen LogP contribution in [0.5, 0.6) is 0 Å². The molecule has 0 aliphatic rings. The van der Waals surface area contributed by atoms with Crippen LogP contribution in [0.3, 0.4) is 0 Å². The lowest BCUT2D eigenvalue weighted by molar-refractivity contribution is -0.123. The summed E-state index contributed by atoms with van der Waals surface area (Å²) in [5.74, 6) is -1.56. The van der Waals surface area contributed by atoms with E-state index in [-0.39, 0.29) is 35.8 Å². The molecule has 0 saturated carbocycles. The molecule has 1 amide bonds. The summed E-state index contributed by atoms with van der Waals surface area (Å²) in [6, 6.07) is 0. The van der Waals surface area contributed by atoms with Gasteiger partial charge in [-0.1, -0.05) is 27.7 Å². The van der Waals surface area contributed by atoms with E-state index in [4.69, 9.17) is 0 Å². The maximum atomic E-state index is 11.5. The summed E-state index contributed by atoms with van der Waals surface area (Å²) < 4.78 is 23.0. The summed E-state index contributed by atoms with van der Waals surface area (Å²) >= 11 is 0. The van der Waals surface area contributed by atoms with Gasteiger partial charge in [-0.05, 0) is 0 Å². The van der Waals surface area contributed by atoms with Gasteiger partial charge in [-0.25, -0.2) is 8.42 Å². The first kappa shape index (κ1) is 16.1. The summed E-state index contributed by atoms with van der Waals surface area (Å²) in [5.41, 5.74) is 0. The first-order chi connectivity index (χ1) is 7.65. The number of nitrogens with one attached hydrogen (secondary N) is 1. The van der Waals surface area contributed by atoms with Crippen LogP contribution < -0.4 is 5.32 Å². The predicted octanol–water partition coefficient (Wildman–Crippen LogP) is 0.398. The number of ketones is 1. The van der Waals surface area contributed by atoms with Gasteiger partial charge in [-0.3, -0.25) is 9.59 Å². The van der Waals surface area contributed by atoms with Gasteiger partial charge in [0.05, 0.1) is 5.75 Å². The third-order valence-electron chi connectivity index (χ3n) is 2.24. The molecule has 1 N–H and O–H groups in total. The van der Waals surface area contributed by atoms with Crippen LogP contribution in [0.25, 0.3) is 0 Å². The normalized spacial score (nSPS) is 11.9. The maximum absolute atomic E-state index is 11.5. The summed E-state index contributed by atoms with van der Waals surface area (Å²) in [6.07, 6.45) is 0. The fraction of sp³-hybridized carbons (Fsp3) is 0.818. The number of rotatable bonds is 7. The van der Waals surface area contributed by atoms with E-state index in [1.807, 2.05) is 0 Å². The van der Waals surface area contributed by atoms with Crippen molar-refractivity contribution in [3.8, 4) is 0 Å². The minimum Gasteiger partial charge on any atom is -0.355 e. The van der Waals surface area contributed by atoms with E-state index in [9.17, 15) is 18.0 Å². The third-order valence-corrected chi connectivity index (χ3v) is 3.79. The van der Waals surface area contributed by atoms with Crippen LogP contribution in [-0.4, -0.2) is 38.2 Å². The summed E-state index contributed by atoms with van der Waals surface area (Å²) in [7, 11) is -3.41. The molecule has 0 unspecified atom stereocenters. The van der Waals surface area contributed by atoms with E-state index in [1.54, 1.807) is 27.7 Å². The molecule has 0 bridgehead atoms. The van der Waals surface area contributed by atoms with Crippen LogP contribution in [-0.2, 0) is 19.4 Å². The van der Waals surface area contributed by atoms with Crippen LogP contribution in [0.4, 0.5) is 0 Å². The van der Waals surface area contributed by atoms with E-state index in [0.717, 1.165) is 0 Å². The van der Waals surface area contributed by atoms with Crippen molar-refractivity contribution < 1.29 is 18.0 Å². The number of sulfone groups is 1. The molecule has 0 rings (SSSR count). The lowest BCUT2D eigenvalue weighted by Crippen LogP contribution is -2.34. The SMILES string of the molecule is CC(C)C(=O)CS(=O)(=O)CCNC(=O)C(C)C. The first-order valence-electron chi connectivity index (χ1n) is 5.66. The van der Waals surface area contributed by atoms with Crippen molar-refractivity contribution in [2.75, 3.05) is 18.1 Å². The van der Waals surface area contributed by atoms with Gasteiger partial charge in [0.25, 0.3) is 0 Å². The lowest BCUT2D eigenvalue weighted by atomic mass is 10.1. The van der Waals surface area contributed by atoms with Crippen molar-refractivity contribution in [2.24, 2.45) is 11.8 Å². The fourth-order valence-electron chi connectivity index (χ4n) is 0.989. The molecule has 0 radical (unpaired) electrons. The highest BCUT2D eigenvalue weighted by Gasteiger charge is 2.19. The molecule has 0 aliphatic heterocycles. The number of amides is 1. The number of hydrogen-bond donors (Lipinski definition) is 1. The fourth-order valence-corrected chi connectivity index (χ4v) is 2.31. The van der Waals surface area contributed by atoms with E-state index < -0.39 is 15.6 Å². The van der Waals surface area contributed by atoms with Crippen LogP contribution in [0.2, 0.25) is 0 Å². The zero-order chi connectivity index (χ0) is 13.6. The molecule has 6 heteroatoms. The van der Waals surface area contributed by atoms with Crippen molar-refractivity contribution in [1.29, 1.82) is 0 Å². The topological polar surface area (TPSA) is 80.3 Å². The maximum Gasteiger partial charge on any atom is 0.222 e. The van der Waals surface area contributed by atoms with Crippen molar-refractivity contribution in [2.45, 2.75) is 27.7 Å². The number of Topliss-reactive ketones (excluding diaryl/α,β-unsaturated/α-hetero) is 1. The van der Waals surface area contributed by atoms with Crippen molar-refractivity contribution in [3.05, 3.63) is 0 Å². The molecule has 0 heterocycles. The number of hydrogen-bond acceptors (Lipinski definition) is 4. The Labute approximate surface area is 103 Å². The second kappa shape index (κ2) is 6.74. The Morgan fingerprint density at radius 3 is 2.00 bits per heavy atom. The van der Waals surface area contributed by atoms with Crippen molar-refractivity contribution in [1.82, 2.24) is 5.32 Å². The zero-order valence-electron chi connectivity index (χ0n) is 10.8. The highest BCUT2D eigenvalue weighted by molar-refractivity contribution is 7.92. The summed E-state index contributed by atoms with van der Waals surface area (Å²) in [5, 5.41) is 2.51. The molecule has 5 nitrogen and oxygen atoms in total. The zero-order valence-corrected chi connectivity index (χ0v) is 11.6. The summed E-state index contributed by atoms with van der Waals surface area (Å²) in [6.45, 7) is 6.85. The smallest absolute Gasteiger partial charge is 0.222 e. The van der Waals surface area contributed by atoms with Gasteiger partial charge in [0.1, 0.15) is 11.5 Å². The molecular weight excluding hydrogens is 242 g/mol. The molecule has 0 aromatic rings. The Hall–Kier alpha value is -0.910. The van der Waals surface area contributed by atoms with Gasteiger partial charge in [-0.2, -0.15) is 0 Å². The van der Waals surface area contributed by atoms with E-state index >= 15 is 0 Å². The molecule has 0 spiro atoms. The van der Waals surface area contributed by atoms with E-state index in [2.05, 4.69) is 5.32 Å². The van der Waals surface area contributed by atoms with Gasteiger partial charge in [-0.15, -0.1) is 0 Å². The van der Waals surface area contributed by atoms with E-state index in [0.29, 0.717) is 0 Å². The van der Waals surface area contributed by atoms with Gasteiger partial charge < -0.3 is 5.32 Å². The van der Waals surface area contributed by atoms with Crippen LogP contribution in [0.15, 0.2) is 0 Å². The first-order valence-corrected chi connectivity index (χ1v) is 7.48. The van der Waals surface area contributed by atoms with E-state index in [1.165, 1.54) is 0 Å². The van der Waals surface area contributed by atoms with Crippen LogP contribution in [0.1, 0.15) is 27.7 Å². The van der Waals surface area contributed by atoms with Gasteiger partial charge in [0.15, 0.2) is 9.84 Å². The van der Waals surface area contributed by atoms with Crippen molar-refractivity contribution in [3.63, 3.8) is 0 Å². The Bertz CT molecular complexity index is 371. The number of carbonyl (C=O) groups excluding carboxylic acids is 2. The summed E-state index contributed by atoms with van der Waals surface area (Å²) in [4.78, 5) is 22.5. The van der Waals surface area contributed by atoms with Crippen molar-refractivity contribution >= 4 is 21.5 Å². The molecule has 0 aromatic carbocycles. The third kappa shape index (κ3) is 7.10. The predicted molar refractivity (Wildman–Crippen MR) is 66.3 cm³/mol. The molecule has 17 heavy (non-hydrogen) atoms. The lowest BCUT2D eigenvalue weighted by Gasteiger charge is -2.08. The molecule has 0 aromatic heterocycles. The Kier molecular flexibility index (Phi) is 6.37. The average Bonchev–Trinajstić information content (AvgIpc) is 2.15. The largest absolute Gasteiger partial charge is 0.355 e. The second-order valence-corrected chi connectivity index (χ2v) is 6.84. The van der Waals surface area contributed by atoms with Crippen LogP contribution >= 0.6 is 0 Å². The molecule has 0 fully saturated rings. The van der Waals surface area contributed by atoms with Crippen LogP contribution in [0, 0.1) is 11.8 Å². The average molecular weight is 263 g/mol. The molecular formula is C11H21NO4S. The molecule has 0 saturated heterocycles. The highest BCUT2D eigenvalue weighted by atomic mass is 32.2. The number of carbonyl (C=O) groups is 2. The Balaban J connectivity index is 4.12. The molecule has 0 aliphatic carbocycles. The Morgan fingerprint density at radius 2 is 1.59 bits per heavy atom. The minimum atomic E-state index is -3.41. The highest BCUT2D eigenvalue weighted by Crippen LogP contribution is 1.99. The Morgan fingerprint density at radius 1 is 1.06 bits per heavy atom. The monoisotopic (exact) mass is 263 g/mol.